The summed E-state index contributed by atoms with van der Waals surface area (Å²) in [4.78, 5) is 33.2. The van der Waals surface area contributed by atoms with Crippen LogP contribution in [-0.2, 0) is 14.4 Å². The van der Waals surface area contributed by atoms with E-state index < -0.39 is 11.9 Å². The average molecular weight is 469 g/mol. The summed E-state index contributed by atoms with van der Waals surface area (Å²) in [5.41, 5.74) is -0.323. The third-order valence-electron chi connectivity index (χ3n) is 5.08. The molecular weight excluding hydrogens is 440 g/mol. The van der Waals surface area contributed by atoms with E-state index in [-0.39, 0.29) is 24.0 Å². The van der Waals surface area contributed by atoms with Crippen molar-refractivity contribution in [1.29, 1.82) is 5.26 Å². The first-order valence-corrected chi connectivity index (χ1v) is 10.7. The molecule has 0 radical (unpaired) electrons. The molecule has 1 fully saturated rings. The number of aliphatic carboxylic acids is 2. The third kappa shape index (κ3) is 8.14. The van der Waals surface area contributed by atoms with Gasteiger partial charge in [-0.15, -0.1) is 5.10 Å². The van der Waals surface area contributed by atoms with Gasteiger partial charge in [-0.2, -0.15) is 10.4 Å². The van der Waals surface area contributed by atoms with Crippen molar-refractivity contribution in [3.8, 4) is 6.07 Å². The second-order valence-electron chi connectivity index (χ2n) is 8.26. The summed E-state index contributed by atoms with van der Waals surface area (Å²) in [6.45, 7) is 5.52. The summed E-state index contributed by atoms with van der Waals surface area (Å²) in [5, 5.41) is 41.6. The molecule has 0 aliphatic carbocycles. The minimum Gasteiger partial charge on any atom is -0.478 e. The second-order valence-corrected chi connectivity index (χ2v) is 8.26. The molecule has 11 heteroatoms. The van der Waals surface area contributed by atoms with Crippen LogP contribution < -0.4 is 10.6 Å². The first kappa shape index (κ1) is 26.2. The molecule has 1 atom stereocenters. The number of hydrogen-bond acceptors (Lipinski definition) is 8. The summed E-state index contributed by atoms with van der Waals surface area (Å²) < 4.78 is 0. The smallest absolute Gasteiger partial charge is 0.328 e. The molecule has 4 N–H and O–H groups in total. The minimum absolute atomic E-state index is 0.0212. The SMILES string of the molecule is CC(C)(CNc1nncc2ccccc12)NCC(=O)N1CCC[C@H]1C#N.O=C(O)/C=C/C(=O)O. The molecular formula is C23H28N6O5. The van der Waals surface area contributed by atoms with Gasteiger partial charge in [-0.3, -0.25) is 4.79 Å². The van der Waals surface area contributed by atoms with E-state index in [4.69, 9.17) is 15.5 Å². The fourth-order valence-electron chi connectivity index (χ4n) is 3.28. The van der Waals surface area contributed by atoms with Crippen molar-refractivity contribution >= 4 is 34.4 Å². The Morgan fingerprint density at radius 3 is 2.56 bits per heavy atom. The number of carbonyl (C=O) groups is 3. The minimum atomic E-state index is -1.26. The van der Waals surface area contributed by atoms with Gasteiger partial charge >= 0.3 is 11.9 Å². The first-order chi connectivity index (χ1) is 16.1. The highest BCUT2D eigenvalue weighted by molar-refractivity contribution is 5.91. The molecule has 2 aromatic rings. The number of carboxylic acids is 2. The van der Waals surface area contributed by atoms with E-state index in [0.717, 1.165) is 29.4 Å². The zero-order chi connectivity index (χ0) is 25.1. The van der Waals surface area contributed by atoms with Crippen LogP contribution in [0.3, 0.4) is 0 Å². The number of hydrogen-bond donors (Lipinski definition) is 4. The fourth-order valence-corrected chi connectivity index (χ4v) is 3.28. The predicted octanol–water partition coefficient (Wildman–Crippen LogP) is 1.64. The Morgan fingerprint density at radius 2 is 1.91 bits per heavy atom. The van der Waals surface area contributed by atoms with Gasteiger partial charge in [-0.05, 0) is 26.7 Å². The summed E-state index contributed by atoms with van der Waals surface area (Å²) in [7, 11) is 0. The van der Waals surface area contributed by atoms with E-state index in [2.05, 4.69) is 26.9 Å². The third-order valence-corrected chi connectivity index (χ3v) is 5.08. The van der Waals surface area contributed by atoms with Crippen LogP contribution in [0.15, 0.2) is 42.6 Å². The van der Waals surface area contributed by atoms with E-state index in [1.165, 1.54) is 0 Å². The van der Waals surface area contributed by atoms with Crippen molar-refractivity contribution < 1.29 is 24.6 Å². The molecule has 0 spiro atoms. The summed E-state index contributed by atoms with van der Waals surface area (Å²) in [5.74, 6) is -1.81. The van der Waals surface area contributed by atoms with E-state index in [0.29, 0.717) is 25.2 Å². The molecule has 3 rings (SSSR count). The zero-order valence-corrected chi connectivity index (χ0v) is 19.1. The molecule has 1 aliphatic heterocycles. The second kappa shape index (κ2) is 12.3. The monoisotopic (exact) mass is 468 g/mol. The number of carboxylic acid groups (broad SMARTS) is 2. The lowest BCUT2D eigenvalue weighted by atomic mass is 10.1. The molecule has 34 heavy (non-hydrogen) atoms. The number of nitrogens with zero attached hydrogens (tertiary/aromatic N) is 4. The van der Waals surface area contributed by atoms with Gasteiger partial charge in [0.15, 0.2) is 5.82 Å². The number of anilines is 1. The predicted molar refractivity (Wildman–Crippen MR) is 125 cm³/mol. The summed E-state index contributed by atoms with van der Waals surface area (Å²) in [6.07, 6.45) is 4.52. The molecule has 1 aromatic carbocycles. The normalized spacial score (nSPS) is 15.4. The lowest BCUT2D eigenvalue weighted by Gasteiger charge is -2.28. The van der Waals surface area contributed by atoms with Crippen LogP contribution in [0.5, 0.6) is 0 Å². The van der Waals surface area contributed by atoms with Gasteiger partial charge in [0, 0.05) is 41.6 Å². The van der Waals surface area contributed by atoms with Crippen LogP contribution in [-0.4, -0.2) is 74.4 Å². The number of likely N-dealkylation sites (tertiary alicyclic amines) is 1. The van der Waals surface area contributed by atoms with Crippen LogP contribution in [0, 0.1) is 11.3 Å². The number of carbonyl (C=O) groups excluding carboxylic acids is 1. The Balaban J connectivity index is 0.000000440. The van der Waals surface area contributed by atoms with Crippen LogP contribution in [0.1, 0.15) is 26.7 Å². The van der Waals surface area contributed by atoms with Crippen molar-refractivity contribution in [1.82, 2.24) is 20.4 Å². The highest BCUT2D eigenvalue weighted by atomic mass is 16.4. The number of rotatable bonds is 8. The number of benzene rings is 1. The van der Waals surface area contributed by atoms with Crippen molar-refractivity contribution in [2.75, 3.05) is 25.0 Å². The lowest BCUT2D eigenvalue weighted by molar-refractivity contribution is -0.134. The van der Waals surface area contributed by atoms with Crippen LogP contribution in [0.25, 0.3) is 10.8 Å². The molecule has 1 aromatic heterocycles. The van der Waals surface area contributed by atoms with Crippen LogP contribution in [0.2, 0.25) is 0 Å². The maximum atomic E-state index is 12.4. The van der Waals surface area contributed by atoms with Crippen molar-refractivity contribution in [3.05, 3.63) is 42.6 Å². The number of nitrogens with one attached hydrogen (secondary N) is 2. The number of aromatic nitrogens is 2. The Bertz CT molecular complexity index is 1070. The van der Waals surface area contributed by atoms with E-state index in [9.17, 15) is 14.4 Å². The summed E-state index contributed by atoms with van der Waals surface area (Å²) >= 11 is 0. The van der Waals surface area contributed by atoms with Crippen molar-refractivity contribution in [2.24, 2.45) is 0 Å². The molecule has 11 nitrogen and oxygen atoms in total. The summed E-state index contributed by atoms with van der Waals surface area (Å²) in [6, 6.07) is 9.87. The molecule has 1 saturated heterocycles. The van der Waals surface area contributed by atoms with Crippen LogP contribution in [0.4, 0.5) is 5.82 Å². The molecule has 1 amide bonds. The van der Waals surface area contributed by atoms with Crippen molar-refractivity contribution in [2.45, 2.75) is 38.3 Å². The molecule has 0 bridgehead atoms. The Kier molecular flexibility index (Phi) is 9.46. The van der Waals surface area contributed by atoms with Gasteiger partial charge in [0.2, 0.25) is 5.91 Å². The lowest BCUT2D eigenvalue weighted by Crippen LogP contribution is -2.50. The molecule has 2 heterocycles. The molecule has 0 unspecified atom stereocenters. The number of nitriles is 1. The van der Waals surface area contributed by atoms with E-state index in [1.807, 2.05) is 38.1 Å². The van der Waals surface area contributed by atoms with Gasteiger partial charge in [0.1, 0.15) is 6.04 Å². The molecule has 180 valence electrons. The standard InChI is InChI=1S/C19H24N6O.C4H4O4/c1-19(2,22-12-17(26)25-9-5-7-15(25)10-20)13-21-18-16-8-4-3-6-14(16)11-23-24-18;5-3(6)1-2-4(7)8/h3-4,6,8,11,15,22H,5,7,9,12-13H2,1-2H3,(H,21,24);1-2H,(H,5,6)(H,7,8)/b;2-1+/t15-;/m0./s1. The topological polar surface area (TPSA) is 169 Å². The highest BCUT2D eigenvalue weighted by Crippen LogP contribution is 2.20. The Labute approximate surface area is 197 Å². The van der Waals surface area contributed by atoms with E-state index >= 15 is 0 Å². The van der Waals surface area contributed by atoms with Gasteiger partial charge in [0.25, 0.3) is 0 Å². The van der Waals surface area contributed by atoms with Crippen molar-refractivity contribution in [3.63, 3.8) is 0 Å². The first-order valence-electron chi connectivity index (χ1n) is 10.7. The van der Waals surface area contributed by atoms with Gasteiger partial charge in [-0.25, -0.2) is 9.59 Å². The maximum Gasteiger partial charge on any atom is 0.328 e. The number of fused-ring (bicyclic) bond motifs is 1. The Hall–Kier alpha value is -4.04. The highest BCUT2D eigenvalue weighted by Gasteiger charge is 2.29. The van der Waals surface area contributed by atoms with Gasteiger partial charge < -0.3 is 25.7 Å². The molecule has 1 aliphatic rings. The van der Waals surface area contributed by atoms with Gasteiger partial charge in [0.05, 0.1) is 18.8 Å². The largest absolute Gasteiger partial charge is 0.478 e. The van der Waals surface area contributed by atoms with Crippen LogP contribution >= 0.6 is 0 Å². The maximum absolute atomic E-state index is 12.4. The quantitative estimate of drug-likeness (QED) is 0.418. The van der Waals surface area contributed by atoms with E-state index in [1.54, 1.807) is 11.1 Å². The van der Waals surface area contributed by atoms with Gasteiger partial charge in [-0.1, -0.05) is 24.3 Å². The Morgan fingerprint density at radius 1 is 1.24 bits per heavy atom. The number of amides is 1. The fraction of sp³-hybridized carbons (Fsp3) is 0.391. The zero-order valence-electron chi connectivity index (χ0n) is 19.1. The average Bonchev–Trinajstić information content (AvgIpc) is 3.29. The molecule has 0 saturated carbocycles.